The lowest BCUT2D eigenvalue weighted by molar-refractivity contribution is -0.00777. The average Bonchev–Trinajstić information content (AvgIpc) is 3.12. The van der Waals surface area contributed by atoms with Crippen molar-refractivity contribution in [2.45, 2.75) is 45.1 Å². The highest BCUT2D eigenvalue weighted by molar-refractivity contribution is 7.09. The standard InChI is InChI=1S/C14H22N2OS/c1-11-16-13(8-18-11)7-14(5-2-6-17-10-14)9-15-12-3-4-12/h8,12,15H,2-7,9-10H2,1H3. The van der Waals surface area contributed by atoms with Crippen molar-refractivity contribution in [3.63, 3.8) is 0 Å². The zero-order valence-corrected chi connectivity index (χ0v) is 11.9. The van der Waals surface area contributed by atoms with Gasteiger partial charge in [0.2, 0.25) is 0 Å². The molecule has 2 heterocycles. The molecule has 0 radical (unpaired) electrons. The Labute approximate surface area is 113 Å². The van der Waals surface area contributed by atoms with E-state index in [4.69, 9.17) is 4.74 Å². The van der Waals surface area contributed by atoms with Crippen LogP contribution in [0.3, 0.4) is 0 Å². The number of hydrogen-bond acceptors (Lipinski definition) is 4. The van der Waals surface area contributed by atoms with E-state index in [0.717, 1.165) is 32.2 Å². The van der Waals surface area contributed by atoms with Crippen LogP contribution in [0.15, 0.2) is 5.38 Å². The molecule has 1 unspecified atom stereocenters. The first-order valence-electron chi connectivity index (χ1n) is 6.98. The Balaban J connectivity index is 1.66. The van der Waals surface area contributed by atoms with Crippen LogP contribution in [0.4, 0.5) is 0 Å². The quantitative estimate of drug-likeness (QED) is 0.889. The van der Waals surface area contributed by atoms with Crippen LogP contribution in [0.1, 0.15) is 36.4 Å². The molecule has 2 fully saturated rings. The van der Waals surface area contributed by atoms with Crippen LogP contribution in [0, 0.1) is 12.3 Å². The number of rotatable bonds is 5. The van der Waals surface area contributed by atoms with E-state index in [0.29, 0.717) is 0 Å². The lowest BCUT2D eigenvalue weighted by atomic mass is 9.78. The summed E-state index contributed by atoms with van der Waals surface area (Å²) in [5.74, 6) is 0. The summed E-state index contributed by atoms with van der Waals surface area (Å²) in [4.78, 5) is 4.63. The molecule has 100 valence electrons. The predicted octanol–water partition coefficient (Wildman–Crippen LogP) is 2.54. The number of aromatic nitrogens is 1. The molecule has 0 amide bonds. The second kappa shape index (κ2) is 5.27. The number of nitrogens with zero attached hydrogens (tertiary/aromatic N) is 1. The van der Waals surface area contributed by atoms with Gasteiger partial charge < -0.3 is 10.1 Å². The van der Waals surface area contributed by atoms with E-state index in [9.17, 15) is 0 Å². The van der Waals surface area contributed by atoms with Crippen molar-refractivity contribution in [1.82, 2.24) is 10.3 Å². The van der Waals surface area contributed by atoms with Gasteiger partial charge in [0.05, 0.1) is 17.3 Å². The Kier molecular flexibility index (Phi) is 3.68. The molecule has 1 aliphatic carbocycles. The molecule has 3 rings (SSSR count). The maximum Gasteiger partial charge on any atom is 0.0897 e. The van der Waals surface area contributed by atoms with Crippen molar-refractivity contribution in [2.24, 2.45) is 5.41 Å². The van der Waals surface area contributed by atoms with E-state index in [-0.39, 0.29) is 5.41 Å². The van der Waals surface area contributed by atoms with Crippen LogP contribution in [0.5, 0.6) is 0 Å². The van der Waals surface area contributed by atoms with E-state index >= 15 is 0 Å². The van der Waals surface area contributed by atoms with Gasteiger partial charge in [-0.05, 0) is 39.0 Å². The van der Waals surface area contributed by atoms with E-state index in [1.54, 1.807) is 11.3 Å². The van der Waals surface area contributed by atoms with Crippen LogP contribution in [-0.4, -0.2) is 30.8 Å². The highest BCUT2D eigenvalue weighted by Gasteiger charge is 2.35. The van der Waals surface area contributed by atoms with Gasteiger partial charge in [0.1, 0.15) is 0 Å². The Morgan fingerprint density at radius 2 is 2.44 bits per heavy atom. The van der Waals surface area contributed by atoms with E-state index in [2.05, 4.69) is 22.6 Å². The Morgan fingerprint density at radius 1 is 1.56 bits per heavy atom. The van der Waals surface area contributed by atoms with Crippen molar-refractivity contribution >= 4 is 11.3 Å². The number of hydrogen-bond donors (Lipinski definition) is 1. The van der Waals surface area contributed by atoms with Gasteiger partial charge in [0.25, 0.3) is 0 Å². The average molecular weight is 266 g/mol. The van der Waals surface area contributed by atoms with E-state index in [1.165, 1.54) is 36.4 Å². The minimum absolute atomic E-state index is 0.279. The molecule has 1 N–H and O–H groups in total. The topological polar surface area (TPSA) is 34.2 Å². The highest BCUT2D eigenvalue weighted by Crippen LogP contribution is 2.33. The monoisotopic (exact) mass is 266 g/mol. The molecule has 2 aliphatic rings. The molecule has 0 spiro atoms. The third-order valence-corrected chi connectivity index (χ3v) is 4.79. The summed E-state index contributed by atoms with van der Waals surface area (Å²) >= 11 is 1.76. The molecule has 0 bridgehead atoms. The largest absolute Gasteiger partial charge is 0.381 e. The van der Waals surface area contributed by atoms with E-state index in [1.807, 2.05) is 0 Å². The van der Waals surface area contributed by atoms with Crippen molar-refractivity contribution in [2.75, 3.05) is 19.8 Å². The fraction of sp³-hybridized carbons (Fsp3) is 0.786. The van der Waals surface area contributed by atoms with Crippen LogP contribution >= 0.6 is 11.3 Å². The molecule has 4 heteroatoms. The molecule has 1 saturated heterocycles. The second-order valence-corrected chi connectivity index (χ2v) is 6.91. The summed E-state index contributed by atoms with van der Waals surface area (Å²) in [5.41, 5.74) is 1.53. The molecule has 18 heavy (non-hydrogen) atoms. The number of thiazole rings is 1. The maximum atomic E-state index is 5.75. The summed E-state index contributed by atoms with van der Waals surface area (Å²) < 4.78 is 5.75. The molecule has 1 saturated carbocycles. The smallest absolute Gasteiger partial charge is 0.0897 e. The molecular formula is C14H22N2OS. The lowest BCUT2D eigenvalue weighted by Crippen LogP contribution is -2.43. The van der Waals surface area contributed by atoms with Crippen LogP contribution in [0.25, 0.3) is 0 Å². The SMILES string of the molecule is Cc1nc(CC2(CNC3CC3)CCCOC2)cs1. The number of aryl methyl sites for hydroxylation is 1. The van der Waals surface area contributed by atoms with Crippen molar-refractivity contribution in [3.8, 4) is 0 Å². The summed E-state index contributed by atoms with van der Waals surface area (Å²) in [5, 5.41) is 7.07. The normalized spacial score (nSPS) is 28.5. The van der Waals surface area contributed by atoms with Crippen LogP contribution < -0.4 is 5.32 Å². The summed E-state index contributed by atoms with van der Waals surface area (Å²) in [6.45, 7) is 5.00. The fourth-order valence-corrected chi connectivity index (χ4v) is 3.39. The van der Waals surface area contributed by atoms with Crippen LogP contribution in [0.2, 0.25) is 0 Å². The van der Waals surface area contributed by atoms with Gasteiger partial charge in [0, 0.05) is 30.0 Å². The highest BCUT2D eigenvalue weighted by atomic mass is 32.1. The Morgan fingerprint density at radius 3 is 3.06 bits per heavy atom. The van der Waals surface area contributed by atoms with Crippen LogP contribution in [-0.2, 0) is 11.2 Å². The number of nitrogens with one attached hydrogen (secondary N) is 1. The predicted molar refractivity (Wildman–Crippen MR) is 74.1 cm³/mol. The lowest BCUT2D eigenvalue weighted by Gasteiger charge is -2.37. The van der Waals surface area contributed by atoms with Gasteiger partial charge in [0.15, 0.2) is 0 Å². The van der Waals surface area contributed by atoms with Gasteiger partial charge in [-0.2, -0.15) is 0 Å². The van der Waals surface area contributed by atoms with Gasteiger partial charge in [-0.15, -0.1) is 11.3 Å². The van der Waals surface area contributed by atoms with Crippen molar-refractivity contribution < 1.29 is 4.74 Å². The first kappa shape index (κ1) is 12.6. The summed E-state index contributed by atoms with van der Waals surface area (Å²) in [6.07, 6.45) is 6.23. The molecule has 1 aromatic rings. The van der Waals surface area contributed by atoms with Crippen molar-refractivity contribution in [3.05, 3.63) is 16.1 Å². The van der Waals surface area contributed by atoms with Gasteiger partial charge in [-0.3, -0.25) is 0 Å². The summed E-state index contributed by atoms with van der Waals surface area (Å²) in [6, 6.07) is 0.779. The zero-order chi connectivity index (χ0) is 12.4. The molecule has 1 aromatic heterocycles. The maximum absolute atomic E-state index is 5.75. The first-order chi connectivity index (χ1) is 8.76. The molecule has 3 nitrogen and oxygen atoms in total. The first-order valence-corrected chi connectivity index (χ1v) is 7.86. The zero-order valence-electron chi connectivity index (χ0n) is 11.1. The minimum Gasteiger partial charge on any atom is -0.381 e. The molecular weight excluding hydrogens is 244 g/mol. The van der Waals surface area contributed by atoms with Gasteiger partial charge in [-0.25, -0.2) is 4.98 Å². The molecule has 1 atom stereocenters. The summed E-state index contributed by atoms with van der Waals surface area (Å²) in [7, 11) is 0. The Hall–Kier alpha value is -0.450. The third-order valence-electron chi connectivity index (χ3n) is 3.97. The van der Waals surface area contributed by atoms with Gasteiger partial charge in [-0.1, -0.05) is 0 Å². The third kappa shape index (κ3) is 3.11. The minimum atomic E-state index is 0.279. The Bertz CT molecular complexity index is 394. The molecule has 0 aromatic carbocycles. The van der Waals surface area contributed by atoms with E-state index < -0.39 is 0 Å². The van der Waals surface area contributed by atoms with Crippen molar-refractivity contribution in [1.29, 1.82) is 0 Å². The fourth-order valence-electron chi connectivity index (χ4n) is 2.77. The second-order valence-electron chi connectivity index (χ2n) is 5.85. The van der Waals surface area contributed by atoms with Gasteiger partial charge >= 0.3 is 0 Å². The number of ether oxygens (including phenoxy) is 1. The molecule has 1 aliphatic heterocycles.